The average Bonchev–Trinajstić information content (AvgIpc) is 2.91. The van der Waals surface area contributed by atoms with Crippen LogP contribution in [-0.4, -0.2) is 43.6 Å². The van der Waals surface area contributed by atoms with E-state index in [0.717, 1.165) is 29.5 Å². The Morgan fingerprint density at radius 3 is 3.00 bits per heavy atom. The highest BCUT2D eigenvalue weighted by molar-refractivity contribution is 9.10. The van der Waals surface area contributed by atoms with Crippen LogP contribution in [-0.2, 0) is 4.74 Å². The van der Waals surface area contributed by atoms with E-state index >= 15 is 0 Å². The number of benzene rings is 1. The van der Waals surface area contributed by atoms with Crippen molar-refractivity contribution in [2.24, 2.45) is 0 Å². The SMILES string of the molecule is COC1CCC(NCC(O)COc2cccc(Br)c2)C1. The number of nitrogens with one attached hydrogen (secondary N) is 1. The first-order valence-electron chi connectivity index (χ1n) is 7.00. The second kappa shape index (κ2) is 7.98. The van der Waals surface area contributed by atoms with Gasteiger partial charge in [0, 0.05) is 24.2 Å². The molecule has 5 heteroatoms. The second-order valence-corrected chi connectivity index (χ2v) is 6.11. The molecular formula is C15H22BrNO3. The van der Waals surface area contributed by atoms with Crippen molar-refractivity contribution in [3.8, 4) is 5.75 Å². The van der Waals surface area contributed by atoms with Crippen LogP contribution in [0.2, 0.25) is 0 Å². The lowest BCUT2D eigenvalue weighted by atomic mass is 10.2. The fourth-order valence-electron chi connectivity index (χ4n) is 2.45. The van der Waals surface area contributed by atoms with E-state index in [1.165, 1.54) is 0 Å². The first-order chi connectivity index (χ1) is 9.67. The van der Waals surface area contributed by atoms with E-state index in [1.54, 1.807) is 7.11 Å². The molecule has 3 atom stereocenters. The molecule has 4 nitrogen and oxygen atoms in total. The molecule has 0 saturated heterocycles. The Kier molecular flexibility index (Phi) is 6.29. The van der Waals surface area contributed by atoms with Gasteiger partial charge < -0.3 is 19.9 Å². The Balaban J connectivity index is 1.64. The van der Waals surface area contributed by atoms with Gasteiger partial charge in [-0.1, -0.05) is 22.0 Å². The predicted octanol–water partition coefficient (Wildman–Crippen LogP) is 2.35. The van der Waals surface area contributed by atoms with Crippen LogP contribution in [0.1, 0.15) is 19.3 Å². The van der Waals surface area contributed by atoms with E-state index < -0.39 is 6.10 Å². The molecule has 1 saturated carbocycles. The molecule has 0 heterocycles. The smallest absolute Gasteiger partial charge is 0.120 e. The molecule has 2 N–H and O–H groups in total. The monoisotopic (exact) mass is 343 g/mol. The Labute approximate surface area is 128 Å². The zero-order valence-electron chi connectivity index (χ0n) is 11.7. The molecule has 2 rings (SSSR count). The minimum Gasteiger partial charge on any atom is -0.491 e. The molecule has 20 heavy (non-hydrogen) atoms. The van der Waals surface area contributed by atoms with E-state index in [9.17, 15) is 5.11 Å². The van der Waals surface area contributed by atoms with E-state index in [2.05, 4.69) is 21.2 Å². The van der Waals surface area contributed by atoms with Gasteiger partial charge >= 0.3 is 0 Å². The number of hydrogen-bond donors (Lipinski definition) is 2. The van der Waals surface area contributed by atoms with Crippen molar-refractivity contribution < 1.29 is 14.6 Å². The van der Waals surface area contributed by atoms with Crippen molar-refractivity contribution in [3.05, 3.63) is 28.7 Å². The molecule has 0 bridgehead atoms. The van der Waals surface area contributed by atoms with Gasteiger partial charge in [0.15, 0.2) is 0 Å². The maximum Gasteiger partial charge on any atom is 0.120 e. The summed E-state index contributed by atoms with van der Waals surface area (Å²) in [6, 6.07) is 8.07. The summed E-state index contributed by atoms with van der Waals surface area (Å²) < 4.78 is 11.9. The van der Waals surface area contributed by atoms with Gasteiger partial charge in [-0.15, -0.1) is 0 Å². The number of halogens is 1. The highest BCUT2D eigenvalue weighted by Crippen LogP contribution is 2.21. The maximum atomic E-state index is 9.93. The van der Waals surface area contributed by atoms with E-state index in [0.29, 0.717) is 25.3 Å². The third-order valence-electron chi connectivity index (χ3n) is 3.60. The summed E-state index contributed by atoms with van der Waals surface area (Å²) in [4.78, 5) is 0. The van der Waals surface area contributed by atoms with Crippen molar-refractivity contribution >= 4 is 15.9 Å². The molecule has 0 amide bonds. The predicted molar refractivity (Wildman–Crippen MR) is 82.1 cm³/mol. The standard InChI is InChI=1S/C15H22BrNO3/c1-19-14-6-5-12(8-14)17-9-13(18)10-20-15-4-2-3-11(16)7-15/h2-4,7,12-14,17-18H,5-6,8-10H2,1H3. The number of methoxy groups -OCH3 is 1. The number of rotatable bonds is 7. The highest BCUT2D eigenvalue weighted by Gasteiger charge is 2.24. The zero-order chi connectivity index (χ0) is 14.4. The summed E-state index contributed by atoms with van der Waals surface area (Å²) in [6.45, 7) is 0.846. The van der Waals surface area contributed by atoms with Crippen LogP contribution in [0.15, 0.2) is 28.7 Å². The van der Waals surface area contributed by atoms with Crippen LogP contribution >= 0.6 is 15.9 Å². The molecular weight excluding hydrogens is 322 g/mol. The van der Waals surface area contributed by atoms with Gasteiger partial charge in [-0.3, -0.25) is 0 Å². The summed E-state index contributed by atoms with van der Waals surface area (Å²) in [7, 11) is 1.76. The lowest BCUT2D eigenvalue weighted by Crippen LogP contribution is -2.37. The zero-order valence-corrected chi connectivity index (χ0v) is 13.3. The van der Waals surface area contributed by atoms with Crippen LogP contribution in [0, 0.1) is 0 Å². The lowest BCUT2D eigenvalue weighted by Gasteiger charge is -2.17. The van der Waals surface area contributed by atoms with Crippen molar-refractivity contribution in [3.63, 3.8) is 0 Å². The Hall–Kier alpha value is -0.620. The molecule has 1 fully saturated rings. The Morgan fingerprint density at radius 1 is 1.45 bits per heavy atom. The maximum absolute atomic E-state index is 9.93. The topological polar surface area (TPSA) is 50.7 Å². The third-order valence-corrected chi connectivity index (χ3v) is 4.09. The summed E-state index contributed by atoms with van der Waals surface area (Å²) in [5.74, 6) is 0.763. The van der Waals surface area contributed by atoms with E-state index in [4.69, 9.17) is 9.47 Å². The summed E-state index contributed by atoms with van der Waals surface area (Å²) >= 11 is 3.39. The van der Waals surface area contributed by atoms with Gasteiger partial charge in [-0.25, -0.2) is 0 Å². The summed E-state index contributed by atoms with van der Waals surface area (Å²) in [6.07, 6.45) is 3.09. The minimum atomic E-state index is -0.504. The van der Waals surface area contributed by atoms with Crippen molar-refractivity contribution in [2.45, 2.75) is 37.5 Å². The number of ether oxygens (including phenoxy) is 2. The normalized spacial score (nSPS) is 23.8. The van der Waals surface area contributed by atoms with Gasteiger partial charge in [0.2, 0.25) is 0 Å². The average molecular weight is 344 g/mol. The quantitative estimate of drug-likeness (QED) is 0.797. The molecule has 1 aliphatic carbocycles. The second-order valence-electron chi connectivity index (χ2n) is 5.20. The Bertz CT molecular complexity index is 416. The van der Waals surface area contributed by atoms with Gasteiger partial charge in [0.25, 0.3) is 0 Å². The van der Waals surface area contributed by atoms with E-state index in [-0.39, 0.29) is 0 Å². The van der Waals surface area contributed by atoms with Crippen LogP contribution in [0.4, 0.5) is 0 Å². The van der Waals surface area contributed by atoms with Gasteiger partial charge in [0.05, 0.1) is 6.10 Å². The molecule has 0 aromatic heterocycles. The molecule has 112 valence electrons. The molecule has 1 aromatic rings. The highest BCUT2D eigenvalue weighted by atomic mass is 79.9. The van der Waals surface area contributed by atoms with Gasteiger partial charge in [-0.05, 0) is 37.5 Å². The van der Waals surface area contributed by atoms with Crippen LogP contribution < -0.4 is 10.1 Å². The van der Waals surface area contributed by atoms with Gasteiger partial charge in [0.1, 0.15) is 18.5 Å². The Morgan fingerprint density at radius 2 is 2.30 bits per heavy atom. The van der Waals surface area contributed by atoms with Gasteiger partial charge in [-0.2, -0.15) is 0 Å². The lowest BCUT2D eigenvalue weighted by molar-refractivity contribution is 0.0966. The van der Waals surface area contributed by atoms with Crippen molar-refractivity contribution in [1.82, 2.24) is 5.32 Å². The van der Waals surface area contributed by atoms with Crippen molar-refractivity contribution in [1.29, 1.82) is 0 Å². The molecule has 0 aliphatic heterocycles. The van der Waals surface area contributed by atoms with Crippen molar-refractivity contribution in [2.75, 3.05) is 20.3 Å². The van der Waals surface area contributed by atoms with Crippen LogP contribution in [0.25, 0.3) is 0 Å². The first kappa shape index (κ1) is 15.8. The third kappa shape index (κ3) is 5.05. The number of aliphatic hydroxyl groups excluding tert-OH is 1. The molecule has 3 unspecified atom stereocenters. The summed E-state index contributed by atoms with van der Waals surface area (Å²) in [5.41, 5.74) is 0. The first-order valence-corrected chi connectivity index (χ1v) is 7.79. The molecule has 0 radical (unpaired) electrons. The van der Waals surface area contributed by atoms with E-state index in [1.807, 2.05) is 24.3 Å². The largest absolute Gasteiger partial charge is 0.491 e. The fourth-order valence-corrected chi connectivity index (χ4v) is 2.83. The fraction of sp³-hybridized carbons (Fsp3) is 0.600. The molecule has 1 aromatic carbocycles. The van der Waals surface area contributed by atoms with Crippen LogP contribution in [0.3, 0.4) is 0 Å². The summed E-state index contributed by atoms with van der Waals surface area (Å²) in [5, 5.41) is 13.3. The van der Waals surface area contributed by atoms with Crippen LogP contribution in [0.5, 0.6) is 5.75 Å². The number of aliphatic hydroxyl groups is 1. The molecule has 0 spiro atoms. The minimum absolute atomic E-state index is 0.296. The number of hydrogen-bond acceptors (Lipinski definition) is 4. The molecule has 1 aliphatic rings.